The minimum atomic E-state index is -1.96. The summed E-state index contributed by atoms with van der Waals surface area (Å²) in [6, 6.07) is 10.5. The highest BCUT2D eigenvalue weighted by molar-refractivity contribution is 6.93. The van der Waals surface area contributed by atoms with Crippen molar-refractivity contribution in [2.45, 2.75) is 78.1 Å². The van der Waals surface area contributed by atoms with Gasteiger partial charge < -0.3 is 5.32 Å². The van der Waals surface area contributed by atoms with Gasteiger partial charge in [0.15, 0.2) is 0 Å². The third-order valence-electron chi connectivity index (χ3n) is 6.55. The van der Waals surface area contributed by atoms with Crippen molar-refractivity contribution >= 4 is 14.0 Å². The molecule has 3 heteroatoms. The monoisotopic (exact) mass is 357 g/mol. The van der Waals surface area contributed by atoms with E-state index in [0.717, 1.165) is 0 Å². The van der Waals surface area contributed by atoms with Crippen LogP contribution in [0.4, 0.5) is 0 Å². The van der Waals surface area contributed by atoms with Crippen LogP contribution in [0.25, 0.3) is 0 Å². The molecule has 1 aliphatic heterocycles. The van der Waals surface area contributed by atoms with E-state index in [9.17, 15) is 4.79 Å². The topological polar surface area (TPSA) is 29.1 Å². The van der Waals surface area contributed by atoms with Crippen molar-refractivity contribution in [1.82, 2.24) is 5.32 Å². The number of benzene rings is 1. The second-order valence-corrected chi connectivity index (χ2v) is 14.4. The van der Waals surface area contributed by atoms with Crippen molar-refractivity contribution < 1.29 is 4.79 Å². The number of rotatable bonds is 5. The minimum absolute atomic E-state index is 0.0793. The first-order valence-corrected chi connectivity index (χ1v) is 12.0. The number of hydrogen-bond donors (Lipinski definition) is 1. The Morgan fingerprint density at radius 2 is 1.40 bits per heavy atom. The van der Waals surface area contributed by atoms with Gasteiger partial charge in [-0.15, -0.1) is 0 Å². The molecule has 1 amide bonds. The smallest absolute Gasteiger partial charge is 0.243 e. The van der Waals surface area contributed by atoms with Crippen LogP contribution in [0.1, 0.15) is 67.0 Å². The summed E-state index contributed by atoms with van der Waals surface area (Å²) in [6.45, 7) is 18.4. The van der Waals surface area contributed by atoms with Crippen LogP contribution in [0, 0.1) is 5.92 Å². The number of hydrogen-bond acceptors (Lipinski definition) is 1. The van der Waals surface area contributed by atoms with Crippen molar-refractivity contribution in [2.75, 3.05) is 0 Å². The van der Waals surface area contributed by atoms with Gasteiger partial charge in [-0.3, -0.25) is 4.79 Å². The van der Waals surface area contributed by atoms with E-state index in [1.165, 1.54) is 16.3 Å². The zero-order valence-corrected chi connectivity index (χ0v) is 18.2. The number of nitrogens with one attached hydrogen (secondary N) is 1. The van der Waals surface area contributed by atoms with E-state index in [4.69, 9.17) is 0 Å². The molecule has 2 rings (SSSR count). The highest BCUT2D eigenvalue weighted by atomic mass is 28.3. The molecule has 0 radical (unpaired) electrons. The van der Waals surface area contributed by atoms with Gasteiger partial charge in [-0.1, -0.05) is 84.4 Å². The Labute approximate surface area is 155 Å². The van der Waals surface area contributed by atoms with Gasteiger partial charge in [0.25, 0.3) is 0 Å². The van der Waals surface area contributed by atoms with Gasteiger partial charge in [0.05, 0.1) is 6.04 Å². The molecule has 0 aromatic heterocycles. The van der Waals surface area contributed by atoms with E-state index in [1.54, 1.807) is 0 Å². The van der Waals surface area contributed by atoms with Gasteiger partial charge in [-0.25, -0.2) is 0 Å². The highest BCUT2D eigenvalue weighted by Gasteiger charge is 2.51. The molecule has 0 fully saturated rings. The lowest BCUT2D eigenvalue weighted by molar-refractivity contribution is -0.118. The fourth-order valence-electron chi connectivity index (χ4n) is 5.43. The molecular formula is C22H35NOSi. The molecule has 0 aliphatic carbocycles. The van der Waals surface area contributed by atoms with Crippen LogP contribution >= 0.6 is 0 Å². The number of amides is 1. The quantitative estimate of drug-likeness (QED) is 0.641. The Morgan fingerprint density at radius 3 is 1.84 bits per heavy atom. The van der Waals surface area contributed by atoms with E-state index < -0.39 is 8.07 Å². The van der Waals surface area contributed by atoms with Crippen LogP contribution in [-0.2, 0) is 4.79 Å². The maximum Gasteiger partial charge on any atom is 0.243 e. The lowest BCUT2D eigenvalue weighted by Crippen LogP contribution is -2.55. The van der Waals surface area contributed by atoms with Gasteiger partial charge in [0.2, 0.25) is 5.91 Å². The molecule has 0 unspecified atom stereocenters. The second-order valence-electron chi connectivity index (χ2n) is 8.61. The van der Waals surface area contributed by atoms with Crippen molar-refractivity contribution in [1.29, 1.82) is 0 Å². The summed E-state index contributed by atoms with van der Waals surface area (Å²) >= 11 is 0. The number of carbonyl (C=O) groups is 1. The van der Waals surface area contributed by atoms with Crippen molar-refractivity contribution in [3.8, 4) is 0 Å². The average molecular weight is 358 g/mol. The van der Waals surface area contributed by atoms with Gasteiger partial charge in [-0.2, -0.15) is 0 Å². The second kappa shape index (κ2) is 7.49. The summed E-state index contributed by atoms with van der Waals surface area (Å²) in [6.07, 6.45) is 0. The Bertz CT molecular complexity index is 623. The lowest BCUT2D eigenvalue weighted by Gasteiger charge is -2.48. The van der Waals surface area contributed by atoms with Crippen molar-refractivity contribution in [3.63, 3.8) is 0 Å². The third-order valence-corrected chi connectivity index (χ3v) is 13.8. The highest BCUT2D eigenvalue weighted by Crippen LogP contribution is 2.50. The van der Waals surface area contributed by atoms with Crippen LogP contribution in [0.3, 0.4) is 0 Å². The minimum Gasteiger partial charge on any atom is -0.345 e. The van der Waals surface area contributed by atoms with Gasteiger partial charge >= 0.3 is 0 Å². The molecule has 0 bridgehead atoms. The molecule has 1 N–H and O–H groups in total. The third kappa shape index (κ3) is 3.23. The summed E-state index contributed by atoms with van der Waals surface area (Å²) in [5.41, 5.74) is 4.16. The molecule has 0 saturated carbocycles. The normalized spacial score (nSPS) is 22.1. The molecule has 1 aromatic rings. The maximum atomic E-state index is 13.4. The molecule has 2 nitrogen and oxygen atoms in total. The molecule has 1 heterocycles. The first kappa shape index (κ1) is 20.0. The fourth-order valence-corrected chi connectivity index (χ4v) is 12.5. The number of carbonyl (C=O) groups excluding carboxylic acids is 1. The van der Waals surface area contributed by atoms with E-state index in [0.29, 0.717) is 22.5 Å². The molecule has 25 heavy (non-hydrogen) atoms. The maximum absolute atomic E-state index is 13.4. The van der Waals surface area contributed by atoms with Crippen LogP contribution in [-0.4, -0.2) is 14.0 Å². The van der Waals surface area contributed by atoms with Crippen LogP contribution in [0.15, 0.2) is 41.1 Å². The van der Waals surface area contributed by atoms with Crippen molar-refractivity contribution in [3.05, 3.63) is 46.7 Å². The SMILES string of the molecule is CC1=C([Si](C(C)C)(C(C)C)C(C)C)C(=O)N[C@@H](c2ccccc2)[C@H]1C. The van der Waals surface area contributed by atoms with Crippen molar-refractivity contribution in [2.24, 2.45) is 5.92 Å². The summed E-state index contributed by atoms with van der Waals surface area (Å²) in [4.78, 5) is 13.4. The largest absolute Gasteiger partial charge is 0.345 e. The van der Waals surface area contributed by atoms with E-state index in [1.807, 2.05) is 6.07 Å². The zero-order valence-electron chi connectivity index (χ0n) is 17.2. The summed E-state index contributed by atoms with van der Waals surface area (Å²) in [7, 11) is -1.96. The predicted molar refractivity (Wildman–Crippen MR) is 110 cm³/mol. The molecule has 0 saturated heterocycles. The first-order chi connectivity index (χ1) is 11.7. The van der Waals surface area contributed by atoms with E-state index in [2.05, 4.69) is 85.0 Å². The Balaban J connectivity index is 2.61. The summed E-state index contributed by atoms with van der Waals surface area (Å²) in [5.74, 6) is 0.519. The average Bonchev–Trinajstić information content (AvgIpc) is 2.54. The first-order valence-electron chi connectivity index (χ1n) is 9.72. The van der Waals surface area contributed by atoms with Crippen LogP contribution < -0.4 is 5.32 Å². The predicted octanol–water partition coefficient (Wildman–Crippen LogP) is 6.03. The molecule has 1 aliphatic rings. The Kier molecular flexibility index (Phi) is 5.98. The Morgan fingerprint density at radius 1 is 0.920 bits per heavy atom. The van der Waals surface area contributed by atoms with Crippen LogP contribution in [0.2, 0.25) is 16.6 Å². The summed E-state index contributed by atoms with van der Waals surface area (Å²) < 4.78 is 0. The Hall–Kier alpha value is -1.35. The van der Waals surface area contributed by atoms with E-state index >= 15 is 0 Å². The lowest BCUT2D eigenvalue weighted by atomic mass is 9.86. The molecule has 0 spiro atoms. The van der Waals surface area contributed by atoms with Gasteiger partial charge in [-0.05, 0) is 29.1 Å². The van der Waals surface area contributed by atoms with Crippen LogP contribution in [0.5, 0.6) is 0 Å². The standard InChI is InChI=1S/C22H35NOSi/c1-14(2)25(15(3)4,16(5)6)21-18(8)17(7)20(23-22(21)24)19-12-10-9-11-13-19/h9-17,20H,1-8H3,(H,23,24)/t17-,20+/m0/s1. The van der Waals surface area contributed by atoms with Gasteiger partial charge in [0.1, 0.15) is 8.07 Å². The van der Waals surface area contributed by atoms with Gasteiger partial charge in [0, 0.05) is 11.1 Å². The fraction of sp³-hybridized carbons (Fsp3) is 0.591. The molecular weight excluding hydrogens is 322 g/mol. The zero-order chi connectivity index (χ0) is 18.9. The molecule has 138 valence electrons. The molecule has 1 aromatic carbocycles. The molecule has 2 atom stereocenters. The van der Waals surface area contributed by atoms with E-state index in [-0.39, 0.29) is 11.9 Å². The summed E-state index contributed by atoms with van der Waals surface area (Å²) in [5, 5.41) is 4.54.